The summed E-state index contributed by atoms with van der Waals surface area (Å²) < 4.78 is 9.31. The molecule has 0 aliphatic heterocycles. The van der Waals surface area contributed by atoms with Gasteiger partial charge in [-0.2, -0.15) is 9.90 Å². The number of hydrogen-bond acceptors (Lipinski definition) is 3. The third-order valence-electron chi connectivity index (χ3n) is 1.20. The van der Waals surface area contributed by atoms with Gasteiger partial charge in [-0.3, -0.25) is 0 Å². The summed E-state index contributed by atoms with van der Waals surface area (Å²) in [5.41, 5.74) is 0. The van der Waals surface area contributed by atoms with Crippen LogP contribution in [0.25, 0.3) is 0 Å². The van der Waals surface area contributed by atoms with Crippen LogP contribution in [0.1, 0.15) is 20.3 Å². The molecule has 0 N–H and O–H groups in total. The summed E-state index contributed by atoms with van der Waals surface area (Å²) in [6.07, 6.45) is -0.866. The van der Waals surface area contributed by atoms with Crippen LogP contribution in [0.5, 0.6) is 0 Å². The molecule has 0 saturated heterocycles. The first-order valence-electron chi connectivity index (χ1n) is 3.62. The van der Waals surface area contributed by atoms with Gasteiger partial charge in [0.2, 0.25) is 0 Å². The van der Waals surface area contributed by atoms with Crippen molar-refractivity contribution in [2.24, 2.45) is 0 Å². The molecule has 1 unspecified atom stereocenters. The molecule has 4 heteroatoms. The van der Waals surface area contributed by atoms with Crippen molar-refractivity contribution in [1.82, 2.24) is 0 Å². The molecule has 0 aromatic rings. The number of hydrogen-bond donors (Lipinski definition) is 0. The predicted octanol–water partition coefficient (Wildman–Crippen LogP) is 1.37. The normalized spacial score (nSPS) is 12.5. The Morgan fingerprint density at radius 1 is 1.55 bits per heavy atom. The molecule has 11 heavy (non-hydrogen) atoms. The first kappa shape index (κ1) is 10.2. The molecule has 0 rings (SSSR count). The van der Waals surface area contributed by atoms with Crippen molar-refractivity contribution in [2.45, 2.75) is 26.4 Å². The van der Waals surface area contributed by atoms with E-state index in [0.717, 1.165) is 0 Å². The zero-order valence-corrected chi connectivity index (χ0v) is 6.83. The van der Waals surface area contributed by atoms with Crippen LogP contribution >= 0.6 is 0 Å². The van der Waals surface area contributed by atoms with Crippen molar-refractivity contribution in [2.75, 3.05) is 13.2 Å². The van der Waals surface area contributed by atoms with E-state index < -0.39 is 6.16 Å². The van der Waals surface area contributed by atoms with Gasteiger partial charge in [0.1, 0.15) is 0 Å². The van der Waals surface area contributed by atoms with E-state index in [9.17, 15) is 9.90 Å². The topological polar surface area (TPSA) is 55.4 Å². The average Bonchev–Trinajstić information content (AvgIpc) is 1.87. The Morgan fingerprint density at radius 2 is 2.18 bits per heavy atom. The van der Waals surface area contributed by atoms with Crippen molar-refractivity contribution in [1.29, 1.82) is 0 Å². The molecular weight excluding hydrogens is 148 g/mol. The maximum Gasteiger partial charge on any atom is 0.549 e. The summed E-state index contributed by atoms with van der Waals surface area (Å²) in [5, 5.41) is 9.76. The quantitative estimate of drug-likeness (QED) is 0.572. The van der Waals surface area contributed by atoms with E-state index in [1.807, 2.05) is 13.8 Å². The van der Waals surface area contributed by atoms with Crippen molar-refractivity contribution in [3.63, 3.8) is 0 Å². The molecule has 0 heterocycles. The summed E-state index contributed by atoms with van der Waals surface area (Å²) >= 11 is 0. The second-order valence-corrected chi connectivity index (χ2v) is 2.15. The lowest BCUT2D eigenvalue weighted by atomic mass is 10.3. The van der Waals surface area contributed by atoms with Crippen LogP contribution in [-0.2, 0) is 14.6 Å². The average molecular weight is 161 g/mol. The van der Waals surface area contributed by atoms with Crippen LogP contribution in [0.4, 0.5) is 4.79 Å². The van der Waals surface area contributed by atoms with E-state index in [-0.39, 0.29) is 12.7 Å². The second kappa shape index (κ2) is 5.97. The van der Waals surface area contributed by atoms with E-state index in [1.165, 1.54) is 0 Å². The third kappa shape index (κ3) is 7.12. The molecular formula is C7H13O4. The summed E-state index contributed by atoms with van der Waals surface area (Å²) in [4.78, 5) is 9.76. The van der Waals surface area contributed by atoms with Gasteiger partial charge in [-0.05, 0) is 13.8 Å². The molecule has 0 spiro atoms. The maximum absolute atomic E-state index is 9.76. The zero-order valence-electron chi connectivity index (χ0n) is 6.83. The van der Waals surface area contributed by atoms with Gasteiger partial charge in [-0.25, -0.2) is 0 Å². The van der Waals surface area contributed by atoms with Crippen LogP contribution in [0.15, 0.2) is 0 Å². The molecule has 1 radical (unpaired) electrons. The highest BCUT2D eigenvalue weighted by molar-refractivity contribution is 5.56. The van der Waals surface area contributed by atoms with Crippen molar-refractivity contribution >= 4 is 6.16 Å². The molecule has 0 aliphatic rings. The third-order valence-corrected chi connectivity index (χ3v) is 1.20. The summed E-state index contributed by atoms with van der Waals surface area (Å²) in [5.74, 6) is 0. The minimum absolute atomic E-state index is 0.0411. The molecule has 0 bridgehead atoms. The monoisotopic (exact) mass is 161 g/mol. The van der Waals surface area contributed by atoms with E-state index in [0.29, 0.717) is 13.0 Å². The fourth-order valence-electron chi connectivity index (χ4n) is 0.676. The summed E-state index contributed by atoms with van der Waals surface area (Å²) in [6.45, 7) is 4.52. The Hall–Kier alpha value is -0.770. The number of rotatable bonds is 5. The summed E-state index contributed by atoms with van der Waals surface area (Å²) in [7, 11) is 0. The van der Waals surface area contributed by atoms with E-state index >= 15 is 0 Å². The molecule has 0 aromatic carbocycles. The lowest BCUT2D eigenvalue weighted by Crippen LogP contribution is -2.12. The zero-order chi connectivity index (χ0) is 8.69. The van der Waals surface area contributed by atoms with E-state index in [1.54, 1.807) is 0 Å². The smallest absolute Gasteiger partial charge is 0.432 e. The fraction of sp³-hybridized carbons (Fsp3) is 0.857. The highest BCUT2D eigenvalue weighted by Gasteiger charge is 2.03. The van der Waals surface area contributed by atoms with Gasteiger partial charge in [0, 0.05) is 13.0 Å². The SMILES string of the molecule is CCOC(C)CCOC([O])=O. The van der Waals surface area contributed by atoms with E-state index in [4.69, 9.17) is 4.74 Å². The van der Waals surface area contributed by atoms with Crippen molar-refractivity contribution < 1.29 is 19.4 Å². The molecule has 0 aliphatic carbocycles. The van der Waals surface area contributed by atoms with Crippen LogP contribution in [0.3, 0.4) is 0 Å². The van der Waals surface area contributed by atoms with Gasteiger partial charge < -0.3 is 9.47 Å². The fourth-order valence-corrected chi connectivity index (χ4v) is 0.676. The second-order valence-electron chi connectivity index (χ2n) is 2.15. The van der Waals surface area contributed by atoms with Crippen molar-refractivity contribution in [3.05, 3.63) is 0 Å². The standard InChI is InChI=1S/C7H13O4/c1-3-10-6(2)4-5-11-7(8)9/h6H,3-5H2,1-2H3. The van der Waals surface area contributed by atoms with E-state index in [2.05, 4.69) is 4.74 Å². The van der Waals surface area contributed by atoms with Gasteiger partial charge >= 0.3 is 6.16 Å². The molecule has 0 saturated carbocycles. The molecule has 1 atom stereocenters. The Bertz CT molecular complexity index is 113. The van der Waals surface area contributed by atoms with Gasteiger partial charge in [0.05, 0.1) is 12.7 Å². The number of carbonyl (C=O) groups excluding carboxylic acids is 1. The number of ether oxygens (including phenoxy) is 2. The highest BCUT2D eigenvalue weighted by atomic mass is 16.7. The molecule has 0 amide bonds. The number of carbonyl (C=O) groups is 1. The van der Waals surface area contributed by atoms with Gasteiger partial charge in [-0.1, -0.05) is 0 Å². The van der Waals surface area contributed by atoms with Gasteiger partial charge in [0.15, 0.2) is 0 Å². The Morgan fingerprint density at radius 3 is 2.64 bits per heavy atom. The van der Waals surface area contributed by atoms with Crippen LogP contribution in [0.2, 0.25) is 0 Å². The van der Waals surface area contributed by atoms with Gasteiger partial charge in [-0.15, -0.1) is 0 Å². The molecule has 0 fully saturated rings. The Balaban J connectivity index is 3.16. The van der Waals surface area contributed by atoms with Crippen LogP contribution < -0.4 is 0 Å². The predicted molar refractivity (Wildman–Crippen MR) is 37.7 cm³/mol. The molecule has 0 aromatic heterocycles. The Kier molecular flexibility index (Phi) is 5.56. The van der Waals surface area contributed by atoms with Crippen LogP contribution in [0, 0.1) is 0 Å². The maximum atomic E-state index is 9.76. The van der Waals surface area contributed by atoms with Crippen LogP contribution in [-0.4, -0.2) is 25.5 Å². The Labute approximate surface area is 66.1 Å². The van der Waals surface area contributed by atoms with Gasteiger partial charge in [0.25, 0.3) is 0 Å². The first-order valence-corrected chi connectivity index (χ1v) is 3.62. The minimum atomic E-state index is -1.48. The summed E-state index contributed by atoms with van der Waals surface area (Å²) in [6, 6.07) is 0. The lowest BCUT2D eigenvalue weighted by molar-refractivity contribution is 0.0316. The largest absolute Gasteiger partial charge is 0.549 e. The highest BCUT2D eigenvalue weighted by Crippen LogP contribution is 1.97. The minimum Gasteiger partial charge on any atom is -0.432 e. The first-order chi connectivity index (χ1) is 5.16. The molecule has 4 nitrogen and oxygen atoms in total. The van der Waals surface area contributed by atoms with Crippen molar-refractivity contribution in [3.8, 4) is 0 Å². The lowest BCUT2D eigenvalue weighted by Gasteiger charge is -2.09. The molecule has 65 valence electrons.